The summed E-state index contributed by atoms with van der Waals surface area (Å²) in [5.74, 6) is 2.07. The fourth-order valence-electron chi connectivity index (χ4n) is 7.68. The van der Waals surface area contributed by atoms with E-state index in [1.165, 1.54) is 72.0 Å². The lowest BCUT2D eigenvalue weighted by Crippen LogP contribution is -2.34. The van der Waals surface area contributed by atoms with Gasteiger partial charge in [0.1, 0.15) is 0 Å². The number of aryl methyl sites for hydroxylation is 3. The molecule has 238 valence electrons. The van der Waals surface area contributed by atoms with E-state index in [0.717, 1.165) is 16.7 Å². The quantitative estimate of drug-likeness (QED) is 0.192. The van der Waals surface area contributed by atoms with E-state index in [1.807, 2.05) is 11.3 Å². The highest BCUT2D eigenvalue weighted by molar-refractivity contribution is 7.25. The van der Waals surface area contributed by atoms with E-state index in [9.17, 15) is 0 Å². The predicted molar refractivity (Wildman–Crippen MR) is 204 cm³/mol. The molecule has 0 unspecified atom stereocenters. The number of hydrogen-bond donors (Lipinski definition) is 0. The minimum atomic E-state index is 0.141. The van der Waals surface area contributed by atoms with E-state index in [0.29, 0.717) is 17.5 Å². The number of hydrogen-bond acceptors (Lipinski definition) is 4. The molecular weight excluding hydrogens is 603 g/mol. The number of benzene rings is 5. The molecule has 8 rings (SSSR count). The van der Waals surface area contributed by atoms with E-state index < -0.39 is 0 Å². The van der Waals surface area contributed by atoms with Gasteiger partial charge in [0, 0.05) is 36.9 Å². The van der Waals surface area contributed by atoms with Crippen LogP contribution in [-0.4, -0.2) is 15.0 Å². The van der Waals surface area contributed by atoms with Crippen molar-refractivity contribution in [3.8, 4) is 45.3 Å². The molecule has 3 nitrogen and oxygen atoms in total. The first-order valence-electron chi connectivity index (χ1n) is 17.0. The van der Waals surface area contributed by atoms with Gasteiger partial charge in [-0.25, -0.2) is 15.0 Å². The van der Waals surface area contributed by atoms with E-state index in [2.05, 4.69) is 146 Å². The predicted octanol–water partition coefficient (Wildman–Crippen LogP) is 12.2. The summed E-state index contributed by atoms with van der Waals surface area (Å²) in [6, 6.07) is 35.3. The van der Waals surface area contributed by atoms with Gasteiger partial charge in [-0.05, 0) is 103 Å². The zero-order valence-electron chi connectivity index (χ0n) is 28.9. The van der Waals surface area contributed by atoms with Crippen LogP contribution in [0.15, 0.2) is 97.1 Å². The zero-order valence-corrected chi connectivity index (χ0v) is 29.7. The Morgan fingerprint density at radius 2 is 1.12 bits per heavy atom. The van der Waals surface area contributed by atoms with Crippen molar-refractivity contribution in [3.63, 3.8) is 0 Å². The molecule has 0 N–H and O–H groups in total. The molecule has 1 aliphatic rings. The Morgan fingerprint density at radius 1 is 0.521 bits per heavy atom. The first-order chi connectivity index (χ1) is 23.0. The number of nitrogens with zero attached hydrogens (tertiary/aromatic N) is 3. The smallest absolute Gasteiger partial charge is 0.164 e. The highest BCUT2D eigenvalue weighted by Gasteiger charge is 2.37. The van der Waals surface area contributed by atoms with E-state index in [4.69, 9.17) is 15.0 Å². The van der Waals surface area contributed by atoms with Crippen LogP contribution in [0.25, 0.3) is 65.5 Å². The SMILES string of the molecule is Cc1cc(C)cc(-c2nc(-c3cccc(-c4cc5c(cc4C)C(C)(C)CCC5(C)C)c3)nc(-c3cccc4sc5ccccc5c34)n2)c1. The number of rotatable bonds is 4. The maximum Gasteiger partial charge on any atom is 0.164 e. The maximum absolute atomic E-state index is 5.23. The summed E-state index contributed by atoms with van der Waals surface area (Å²) in [6.45, 7) is 16.1. The Labute approximate surface area is 287 Å². The van der Waals surface area contributed by atoms with Crippen LogP contribution in [0.2, 0.25) is 0 Å². The van der Waals surface area contributed by atoms with Crippen LogP contribution >= 0.6 is 11.3 Å². The molecule has 0 atom stereocenters. The molecule has 5 aromatic carbocycles. The van der Waals surface area contributed by atoms with Crippen molar-refractivity contribution in [2.75, 3.05) is 0 Å². The summed E-state index contributed by atoms with van der Waals surface area (Å²) in [6.07, 6.45) is 2.40. The molecule has 0 amide bonds. The van der Waals surface area contributed by atoms with E-state index >= 15 is 0 Å². The molecule has 0 saturated heterocycles. The Hall–Kier alpha value is -4.67. The standard InChI is InChI=1S/C44H41N3S/c1-26-20-27(2)22-31(21-26)41-45-40(46-42(47-41)33-15-11-17-38-39(33)32-14-8-9-16-37(32)48-38)30-13-10-12-29(24-30)34-25-36-35(23-28(34)3)43(4,5)18-19-44(36,6)7/h8-17,20-25H,18-19H2,1-7H3. The van der Waals surface area contributed by atoms with Crippen LogP contribution in [0.1, 0.15) is 68.4 Å². The van der Waals surface area contributed by atoms with Crippen molar-refractivity contribution in [1.82, 2.24) is 15.0 Å². The molecule has 1 aliphatic carbocycles. The molecule has 4 heteroatoms. The van der Waals surface area contributed by atoms with Crippen molar-refractivity contribution in [2.24, 2.45) is 0 Å². The molecule has 0 saturated carbocycles. The molecule has 2 heterocycles. The molecule has 7 aromatic rings. The Balaban J connectivity index is 1.33. The molecule has 0 aliphatic heterocycles. The van der Waals surface area contributed by atoms with Gasteiger partial charge in [0.15, 0.2) is 17.5 Å². The van der Waals surface area contributed by atoms with Gasteiger partial charge in [0.05, 0.1) is 0 Å². The second-order valence-corrected chi connectivity index (χ2v) is 16.1. The summed E-state index contributed by atoms with van der Waals surface area (Å²) in [7, 11) is 0. The van der Waals surface area contributed by atoms with Gasteiger partial charge in [0.2, 0.25) is 0 Å². The third-order valence-corrected chi connectivity index (χ3v) is 11.5. The molecule has 0 spiro atoms. The summed E-state index contributed by atoms with van der Waals surface area (Å²) in [5, 5.41) is 2.43. The van der Waals surface area contributed by atoms with Crippen LogP contribution in [0.4, 0.5) is 0 Å². The first kappa shape index (κ1) is 30.7. The molecule has 0 bridgehead atoms. The average Bonchev–Trinajstić information content (AvgIpc) is 3.45. The average molecular weight is 644 g/mol. The van der Waals surface area contributed by atoms with Gasteiger partial charge in [-0.15, -0.1) is 11.3 Å². The molecule has 48 heavy (non-hydrogen) atoms. The third-order valence-electron chi connectivity index (χ3n) is 10.4. The minimum absolute atomic E-state index is 0.141. The Morgan fingerprint density at radius 3 is 1.88 bits per heavy atom. The second kappa shape index (κ2) is 11.2. The van der Waals surface area contributed by atoms with Gasteiger partial charge in [-0.3, -0.25) is 0 Å². The van der Waals surface area contributed by atoms with Crippen molar-refractivity contribution in [3.05, 3.63) is 125 Å². The Kier molecular flexibility index (Phi) is 7.16. The van der Waals surface area contributed by atoms with E-state index in [1.54, 1.807) is 0 Å². The van der Waals surface area contributed by atoms with Gasteiger partial charge in [-0.1, -0.05) is 106 Å². The third kappa shape index (κ3) is 5.23. The van der Waals surface area contributed by atoms with Crippen molar-refractivity contribution in [2.45, 2.75) is 72.1 Å². The summed E-state index contributed by atoms with van der Waals surface area (Å²) < 4.78 is 2.50. The largest absolute Gasteiger partial charge is 0.208 e. The topological polar surface area (TPSA) is 38.7 Å². The van der Waals surface area contributed by atoms with Crippen molar-refractivity contribution < 1.29 is 0 Å². The second-order valence-electron chi connectivity index (χ2n) is 15.0. The van der Waals surface area contributed by atoms with Crippen molar-refractivity contribution >= 4 is 31.5 Å². The van der Waals surface area contributed by atoms with Gasteiger partial charge < -0.3 is 0 Å². The molecule has 0 radical (unpaired) electrons. The summed E-state index contributed by atoms with van der Waals surface area (Å²) in [4.78, 5) is 15.6. The molecular formula is C44H41N3S. The van der Waals surface area contributed by atoms with Crippen LogP contribution in [0.3, 0.4) is 0 Å². The monoisotopic (exact) mass is 643 g/mol. The van der Waals surface area contributed by atoms with Gasteiger partial charge >= 0.3 is 0 Å². The van der Waals surface area contributed by atoms with Crippen LogP contribution in [0.5, 0.6) is 0 Å². The van der Waals surface area contributed by atoms with Crippen molar-refractivity contribution in [1.29, 1.82) is 0 Å². The maximum atomic E-state index is 5.23. The first-order valence-corrected chi connectivity index (χ1v) is 17.8. The number of thiophene rings is 1. The normalized spacial score (nSPS) is 15.1. The number of fused-ring (bicyclic) bond motifs is 4. The van der Waals surface area contributed by atoms with Crippen LogP contribution in [0, 0.1) is 20.8 Å². The van der Waals surface area contributed by atoms with Crippen LogP contribution in [-0.2, 0) is 10.8 Å². The highest BCUT2D eigenvalue weighted by atomic mass is 32.1. The molecule has 0 fully saturated rings. The summed E-state index contributed by atoms with van der Waals surface area (Å²) in [5.41, 5.74) is 12.5. The lowest BCUT2D eigenvalue weighted by molar-refractivity contribution is 0.332. The van der Waals surface area contributed by atoms with E-state index in [-0.39, 0.29) is 10.8 Å². The lowest BCUT2D eigenvalue weighted by atomic mass is 9.62. The van der Waals surface area contributed by atoms with Gasteiger partial charge in [-0.2, -0.15) is 0 Å². The zero-order chi connectivity index (χ0) is 33.4. The highest BCUT2D eigenvalue weighted by Crippen LogP contribution is 2.48. The fraction of sp³-hybridized carbons (Fsp3) is 0.250. The van der Waals surface area contributed by atoms with Crippen LogP contribution < -0.4 is 0 Å². The lowest BCUT2D eigenvalue weighted by Gasteiger charge is -2.42. The van der Waals surface area contributed by atoms with Gasteiger partial charge in [0.25, 0.3) is 0 Å². The minimum Gasteiger partial charge on any atom is -0.208 e. The fourth-order valence-corrected chi connectivity index (χ4v) is 8.81. The number of aromatic nitrogens is 3. The Bertz CT molecular complexity index is 2370. The summed E-state index contributed by atoms with van der Waals surface area (Å²) >= 11 is 1.81. The molecule has 2 aromatic heterocycles.